The maximum Gasteiger partial charge on any atom is 0.227 e. The Kier molecular flexibility index (Phi) is 3.24. The molecule has 0 atom stereocenters. The van der Waals surface area contributed by atoms with E-state index >= 15 is 0 Å². The number of hydrogen-bond acceptors (Lipinski definition) is 2. The second-order valence-corrected chi connectivity index (χ2v) is 5.97. The maximum absolute atomic E-state index is 12.3. The number of carbonyl (C=O) groups is 2. The molecule has 0 saturated carbocycles. The van der Waals surface area contributed by atoms with Gasteiger partial charge in [-0.25, -0.2) is 0 Å². The maximum atomic E-state index is 12.3. The van der Waals surface area contributed by atoms with Crippen LogP contribution in [0.2, 0.25) is 0 Å². The van der Waals surface area contributed by atoms with Crippen molar-refractivity contribution in [2.75, 3.05) is 11.4 Å². The Morgan fingerprint density at radius 1 is 1.28 bits per heavy atom. The predicted octanol–water partition coefficient (Wildman–Crippen LogP) is 3.04. The van der Waals surface area contributed by atoms with Crippen molar-refractivity contribution in [3.8, 4) is 0 Å². The van der Waals surface area contributed by atoms with Gasteiger partial charge in [-0.05, 0) is 17.5 Å². The molecule has 1 heterocycles. The first kappa shape index (κ1) is 12.8. The molecule has 1 aromatic carbocycles. The van der Waals surface area contributed by atoms with E-state index in [4.69, 9.17) is 0 Å². The van der Waals surface area contributed by atoms with E-state index in [1.165, 1.54) is 0 Å². The van der Waals surface area contributed by atoms with Crippen LogP contribution in [0, 0.1) is 5.41 Å². The van der Waals surface area contributed by atoms with Crippen LogP contribution < -0.4 is 4.90 Å². The topological polar surface area (TPSA) is 37.4 Å². The molecule has 0 fully saturated rings. The van der Waals surface area contributed by atoms with Crippen LogP contribution in [0.4, 0.5) is 5.69 Å². The minimum absolute atomic E-state index is 0.0342. The van der Waals surface area contributed by atoms with Gasteiger partial charge in [-0.15, -0.1) is 0 Å². The Morgan fingerprint density at radius 2 is 1.94 bits per heavy atom. The first-order valence-corrected chi connectivity index (χ1v) is 6.31. The number of para-hydroxylation sites is 1. The normalized spacial score (nSPS) is 15.5. The van der Waals surface area contributed by atoms with Crippen molar-refractivity contribution in [2.45, 2.75) is 33.6 Å². The van der Waals surface area contributed by atoms with E-state index in [-0.39, 0.29) is 17.1 Å². The van der Waals surface area contributed by atoms with Crippen LogP contribution in [0.15, 0.2) is 24.3 Å². The molecular weight excluding hydrogens is 226 g/mol. The average Bonchev–Trinajstić information content (AvgIpc) is 2.27. The fourth-order valence-electron chi connectivity index (χ4n) is 2.22. The molecule has 0 N–H and O–H groups in total. The molecule has 0 saturated heterocycles. The van der Waals surface area contributed by atoms with Gasteiger partial charge in [0.05, 0.1) is 5.69 Å². The lowest BCUT2D eigenvalue weighted by Crippen LogP contribution is -2.39. The summed E-state index contributed by atoms with van der Waals surface area (Å²) < 4.78 is 0. The molecule has 96 valence electrons. The third-order valence-electron chi connectivity index (χ3n) is 3.04. The van der Waals surface area contributed by atoms with Crippen LogP contribution in [0.5, 0.6) is 0 Å². The van der Waals surface area contributed by atoms with Crippen molar-refractivity contribution >= 4 is 17.4 Å². The number of ketones is 1. The zero-order valence-electron chi connectivity index (χ0n) is 11.2. The Balaban J connectivity index is 2.29. The first-order chi connectivity index (χ1) is 8.38. The van der Waals surface area contributed by atoms with Gasteiger partial charge in [0.25, 0.3) is 0 Å². The summed E-state index contributed by atoms with van der Waals surface area (Å²) in [5, 5.41) is 0. The van der Waals surface area contributed by atoms with E-state index in [1.54, 1.807) is 11.0 Å². The van der Waals surface area contributed by atoms with Crippen LogP contribution >= 0.6 is 0 Å². The van der Waals surface area contributed by atoms with Gasteiger partial charge in [0.1, 0.15) is 0 Å². The summed E-state index contributed by atoms with van der Waals surface area (Å²) in [5.41, 5.74) is 1.40. The highest BCUT2D eigenvalue weighted by atomic mass is 16.2. The number of fused-ring (bicyclic) bond motifs is 1. The molecule has 0 aliphatic carbocycles. The molecule has 1 aliphatic heterocycles. The van der Waals surface area contributed by atoms with Gasteiger partial charge in [-0.2, -0.15) is 0 Å². The van der Waals surface area contributed by atoms with Crippen LogP contribution in [-0.2, 0) is 4.79 Å². The lowest BCUT2D eigenvalue weighted by atomic mass is 9.90. The fourth-order valence-corrected chi connectivity index (χ4v) is 2.22. The number of carbonyl (C=O) groups excluding carboxylic acids is 2. The molecule has 0 aromatic heterocycles. The molecule has 0 unspecified atom stereocenters. The summed E-state index contributed by atoms with van der Waals surface area (Å²) in [6, 6.07) is 7.37. The first-order valence-electron chi connectivity index (χ1n) is 6.31. The number of amides is 1. The van der Waals surface area contributed by atoms with E-state index in [0.717, 1.165) is 5.69 Å². The highest BCUT2D eigenvalue weighted by Gasteiger charge is 2.28. The second kappa shape index (κ2) is 4.56. The van der Waals surface area contributed by atoms with Crippen LogP contribution in [0.25, 0.3) is 0 Å². The van der Waals surface area contributed by atoms with E-state index < -0.39 is 0 Å². The summed E-state index contributed by atoms with van der Waals surface area (Å²) in [4.78, 5) is 25.9. The lowest BCUT2D eigenvalue weighted by Gasteiger charge is -2.31. The van der Waals surface area contributed by atoms with Gasteiger partial charge in [-0.1, -0.05) is 32.9 Å². The molecule has 1 aliphatic rings. The largest absolute Gasteiger partial charge is 0.311 e. The van der Waals surface area contributed by atoms with Crippen molar-refractivity contribution in [3.63, 3.8) is 0 Å². The molecule has 1 amide bonds. The number of benzene rings is 1. The highest BCUT2D eigenvalue weighted by molar-refractivity contribution is 6.08. The second-order valence-electron chi connectivity index (χ2n) is 5.97. The van der Waals surface area contributed by atoms with Crippen molar-refractivity contribution in [1.82, 2.24) is 0 Å². The van der Waals surface area contributed by atoms with Gasteiger partial charge < -0.3 is 4.90 Å². The molecule has 0 radical (unpaired) electrons. The minimum atomic E-state index is -0.0342. The van der Waals surface area contributed by atoms with Gasteiger partial charge in [0.2, 0.25) is 5.91 Å². The highest BCUT2D eigenvalue weighted by Crippen LogP contribution is 2.29. The quantitative estimate of drug-likeness (QED) is 0.762. The van der Waals surface area contributed by atoms with E-state index in [0.29, 0.717) is 24.9 Å². The molecule has 1 aromatic rings. The minimum Gasteiger partial charge on any atom is -0.311 e. The summed E-state index contributed by atoms with van der Waals surface area (Å²) in [7, 11) is 0. The number of hydrogen-bond donors (Lipinski definition) is 0. The monoisotopic (exact) mass is 245 g/mol. The zero-order valence-corrected chi connectivity index (χ0v) is 11.2. The molecule has 18 heavy (non-hydrogen) atoms. The van der Waals surface area contributed by atoms with Crippen LogP contribution in [0.3, 0.4) is 0 Å². The smallest absolute Gasteiger partial charge is 0.227 e. The summed E-state index contributed by atoms with van der Waals surface area (Å²) in [5.74, 6) is 0.229. The SMILES string of the molecule is CC(C)(C)CC(=O)N1CCC(=O)c2ccccc21. The zero-order chi connectivity index (χ0) is 13.3. The molecule has 3 nitrogen and oxygen atoms in total. The molecule has 3 heteroatoms. The lowest BCUT2D eigenvalue weighted by molar-refractivity contribution is -0.120. The molecule has 0 bridgehead atoms. The molecular formula is C15H19NO2. The third kappa shape index (κ3) is 2.61. The van der Waals surface area contributed by atoms with Gasteiger partial charge in [0, 0.05) is 24.9 Å². The van der Waals surface area contributed by atoms with Gasteiger partial charge in [0.15, 0.2) is 5.78 Å². The van der Waals surface area contributed by atoms with Crippen molar-refractivity contribution < 1.29 is 9.59 Å². The van der Waals surface area contributed by atoms with Gasteiger partial charge in [-0.3, -0.25) is 9.59 Å². The number of nitrogens with zero attached hydrogens (tertiary/aromatic N) is 1. The molecule has 2 rings (SSSR count). The fraction of sp³-hybridized carbons (Fsp3) is 0.467. The Morgan fingerprint density at radius 3 is 2.61 bits per heavy atom. The Labute approximate surface area is 108 Å². The average molecular weight is 245 g/mol. The standard InChI is InChI=1S/C15H19NO2/c1-15(2,3)10-14(18)16-9-8-13(17)11-6-4-5-7-12(11)16/h4-7H,8-10H2,1-3H3. The van der Waals surface area contributed by atoms with Crippen molar-refractivity contribution in [1.29, 1.82) is 0 Å². The summed E-state index contributed by atoms with van der Waals surface area (Å²) in [6.07, 6.45) is 0.919. The van der Waals surface area contributed by atoms with Crippen molar-refractivity contribution in [3.05, 3.63) is 29.8 Å². The number of anilines is 1. The molecule has 0 spiro atoms. The summed E-state index contributed by atoms with van der Waals surface area (Å²) >= 11 is 0. The van der Waals surface area contributed by atoms with Crippen LogP contribution in [-0.4, -0.2) is 18.2 Å². The number of Topliss-reactive ketones (excluding diaryl/α,β-unsaturated/α-hetero) is 1. The van der Waals surface area contributed by atoms with Crippen molar-refractivity contribution in [2.24, 2.45) is 5.41 Å². The van der Waals surface area contributed by atoms with E-state index in [9.17, 15) is 9.59 Å². The number of rotatable bonds is 1. The van der Waals surface area contributed by atoms with E-state index in [1.807, 2.05) is 39.0 Å². The Hall–Kier alpha value is -1.64. The Bertz CT molecular complexity index is 486. The van der Waals surface area contributed by atoms with E-state index in [2.05, 4.69) is 0 Å². The predicted molar refractivity (Wildman–Crippen MR) is 71.8 cm³/mol. The van der Waals surface area contributed by atoms with Gasteiger partial charge >= 0.3 is 0 Å². The summed E-state index contributed by atoms with van der Waals surface area (Å²) in [6.45, 7) is 6.65. The third-order valence-corrected chi connectivity index (χ3v) is 3.04. The van der Waals surface area contributed by atoms with Crippen LogP contribution in [0.1, 0.15) is 44.0 Å².